The molecule has 2 heterocycles. The minimum Gasteiger partial charge on any atom is -0.376 e. The molecule has 190 valence electrons. The Kier molecular flexibility index (Phi) is 7.10. The summed E-state index contributed by atoms with van der Waals surface area (Å²) in [6.45, 7) is 8.42. The van der Waals surface area contributed by atoms with Gasteiger partial charge in [-0.3, -0.25) is 9.59 Å². The van der Waals surface area contributed by atoms with Crippen LogP contribution in [0, 0.1) is 18.8 Å². The van der Waals surface area contributed by atoms with E-state index in [4.69, 9.17) is 9.72 Å². The second kappa shape index (κ2) is 10.4. The van der Waals surface area contributed by atoms with E-state index in [1.54, 1.807) is 0 Å². The lowest BCUT2D eigenvalue weighted by atomic mass is 10.1. The van der Waals surface area contributed by atoms with Crippen LogP contribution in [0.2, 0.25) is 0 Å². The molecule has 0 bridgehead atoms. The van der Waals surface area contributed by atoms with Gasteiger partial charge in [-0.15, -0.1) is 0 Å². The molecule has 36 heavy (non-hydrogen) atoms. The van der Waals surface area contributed by atoms with Gasteiger partial charge in [0, 0.05) is 37.8 Å². The molecule has 2 fully saturated rings. The van der Waals surface area contributed by atoms with Crippen LogP contribution in [0.3, 0.4) is 0 Å². The van der Waals surface area contributed by atoms with E-state index in [0.717, 1.165) is 48.4 Å². The number of hydrogen-bond acceptors (Lipinski definition) is 4. The number of imidazole rings is 1. The maximum Gasteiger partial charge on any atom is 0.256 e. The van der Waals surface area contributed by atoms with Crippen LogP contribution >= 0.6 is 0 Å². The van der Waals surface area contributed by atoms with Gasteiger partial charge in [-0.1, -0.05) is 44.2 Å². The normalized spacial score (nSPS) is 17.6. The molecule has 0 spiro atoms. The van der Waals surface area contributed by atoms with Crippen LogP contribution in [0.4, 0.5) is 5.69 Å². The van der Waals surface area contributed by atoms with Crippen LogP contribution in [0.1, 0.15) is 61.3 Å². The fourth-order valence-electron chi connectivity index (χ4n) is 4.92. The van der Waals surface area contributed by atoms with Crippen molar-refractivity contribution in [2.24, 2.45) is 11.8 Å². The zero-order valence-corrected chi connectivity index (χ0v) is 21.5. The third-order valence-electron chi connectivity index (χ3n) is 7.15. The lowest BCUT2D eigenvalue weighted by Gasteiger charge is -2.26. The number of ether oxygens (including phenoxy) is 1. The first-order chi connectivity index (χ1) is 17.4. The number of hydrogen-bond donors (Lipinski definition) is 1. The molecule has 1 aliphatic heterocycles. The first-order valence-electron chi connectivity index (χ1n) is 13.2. The fourth-order valence-corrected chi connectivity index (χ4v) is 4.92. The predicted octanol–water partition coefficient (Wildman–Crippen LogP) is 5.02. The smallest absolute Gasteiger partial charge is 0.256 e. The number of amides is 2. The molecule has 3 aromatic rings. The molecule has 7 nitrogen and oxygen atoms in total. The van der Waals surface area contributed by atoms with Crippen molar-refractivity contribution < 1.29 is 14.3 Å². The molecule has 1 saturated carbocycles. The molecule has 1 aromatic heterocycles. The summed E-state index contributed by atoms with van der Waals surface area (Å²) in [5, 5.41) is 2.99. The molecule has 0 radical (unpaired) electrons. The number of aryl methyl sites for hydroxylation is 1. The molecule has 0 unspecified atom stereocenters. The fraction of sp³-hybridized carbons (Fsp3) is 0.483. The van der Waals surface area contributed by atoms with Crippen molar-refractivity contribution in [3.05, 3.63) is 59.4 Å². The summed E-state index contributed by atoms with van der Waals surface area (Å²) in [4.78, 5) is 33.5. The third-order valence-corrected chi connectivity index (χ3v) is 7.15. The molecule has 1 N–H and O–H groups in total. The lowest BCUT2D eigenvalue weighted by Crippen LogP contribution is -2.39. The number of aromatic nitrogens is 2. The minimum atomic E-state index is -0.164. The molecule has 7 heteroatoms. The molecular weight excluding hydrogens is 452 g/mol. The number of carbonyl (C=O) groups excluding carboxylic acids is 2. The molecule has 2 aliphatic rings. The SMILES string of the molecule is Cc1nc2cc(NC(=O)C(C)C)cc(C(=O)N(CC3CC3)C[C@@H]3CCCO3)c2n1Cc1ccccc1. The summed E-state index contributed by atoms with van der Waals surface area (Å²) in [7, 11) is 0. The Balaban J connectivity index is 1.58. The van der Waals surface area contributed by atoms with Crippen molar-refractivity contribution in [3.8, 4) is 0 Å². The van der Waals surface area contributed by atoms with Crippen LogP contribution in [0.15, 0.2) is 42.5 Å². The number of anilines is 1. The second-order valence-electron chi connectivity index (χ2n) is 10.6. The van der Waals surface area contributed by atoms with Gasteiger partial charge in [0.25, 0.3) is 5.91 Å². The summed E-state index contributed by atoms with van der Waals surface area (Å²) in [5.41, 5.74) is 3.87. The van der Waals surface area contributed by atoms with Crippen LogP contribution in [0.25, 0.3) is 11.0 Å². The summed E-state index contributed by atoms with van der Waals surface area (Å²) in [6.07, 6.45) is 4.45. The first kappa shape index (κ1) is 24.5. The number of carbonyl (C=O) groups is 2. The van der Waals surface area contributed by atoms with Gasteiger partial charge in [-0.05, 0) is 56.2 Å². The molecular formula is C29H36N4O3. The summed E-state index contributed by atoms with van der Waals surface area (Å²) in [5.74, 6) is 1.14. The van der Waals surface area contributed by atoms with Crippen molar-refractivity contribution in [1.82, 2.24) is 14.5 Å². The van der Waals surface area contributed by atoms with E-state index in [-0.39, 0.29) is 23.8 Å². The molecule has 2 amide bonds. The summed E-state index contributed by atoms with van der Waals surface area (Å²) < 4.78 is 8.02. The highest BCUT2D eigenvalue weighted by Crippen LogP contribution is 2.33. The number of fused-ring (bicyclic) bond motifs is 1. The van der Waals surface area contributed by atoms with Crippen molar-refractivity contribution in [2.45, 2.75) is 59.1 Å². The lowest BCUT2D eigenvalue weighted by molar-refractivity contribution is -0.118. The number of nitrogens with one attached hydrogen (secondary N) is 1. The highest BCUT2D eigenvalue weighted by molar-refractivity contribution is 6.08. The van der Waals surface area contributed by atoms with Crippen molar-refractivity contribution in [2.75, 3.05) is 25.0 Å². The predicted molar refractivity (Wildman–Crippen MR) is 141 cm³/mol. The molecule has 1 aliphatic carbocycles. The molecule has 2 aromatic carbocycles. The third kappa shape index (κ3) is 5.46. The van der Waals surface area contributed by atoms with E-state index in [1.807, 2.05) is 56.0 Å². The van der Waals surface area contributed by atoms with Crippen molar-refractivity contribution >= 4 is 28.5 Å². The monoisotopic (exact) mass is 488 g/mol. The summed E-state index contributed by atoms with van der Waals surface area (Å²) >= 11 is 0. The highest BCUT2D eigenvalue weighted by atomic mass is 16.5. The summed E-state index contributed by atoms with van der Waals surface area (Å²) in [6, 6.07) is 13.9. The Morgan fingerprint density at radius 3 is 2.58 bits per heavy atom. The largest absolute Gasteiger partial charge is 0.376 e. The van der Waals surface area contributed by atoms with Gasteiger partial charge in [0.05, 0.1) is 22.7 Å². The maximum atomic E-state index is 14.2. The van der Waals surface area contributed by atoms with E-state index in [2.05, 4.69) is 22.0 Å². The van der Waals surface area contributed by atoms with Gasteiger partial charge in [0.2, 0.25) is 5.91 Å². The van der Waals surface area contributed by atoms with E-state index in [1.165, 1.54) is 12.8 Å². The maximum absolute atomic E-state index is 14.2. The van der Waals surface area contributed by atoms with Gasteiger partial charge in [-0.25, -0.2) is 4.98 Å². The Bertz CT molecular complexity index is 1240. The number of rotatable bonds is 9. The molecule has 1 saturated heterocycles. The standard InChI is InChI=1S/C29H36N4O3/c1-19(2)28(34)31-23-14-25(29(35)32(16-22-11-12-22)18-24-10-7-13-36-24)27-26(15-23)30-20(3)33(27)17-21-8-5-4-6-9-21/h4-6,8-9,14-15,19,22,24H,7,10-13,16-18H2,1-3H3,(H,31,34)/t24-/m0/s1. The van der Waals surface area contributed by atoms with Gasteiger partial charge >= 0.3 is 0 Å². The average Bonchev–Trinajstić information content (AvgIpc) is 3.42. The minimum absolute atomic E-state index is 0.0164. The van der Waals surface area contributed by atoms with E-state index in [0.29, 0.717) is 30.3 Å². The topological polar surface area (TPSA) is 76.5 Å². The molecule has 1 atom stereocenters. The second-order valence-corrected chi connectivity index (χ2v) is 10.6. The zero-order chi connectivity index (χ0) is 25.2. The zero-order valence-electron chi connectivity index (χ0n) is 21.5. The van der Waals surface area contributed by atoms with Crippen LogP contribution in [0.5, 0.6) is 0 Å². The Labute approximate surface area is 212 Å². The van der Waals surface area contributed by atoms with Crippen LogP contribution in [-0.4, -0.2) is 52.1 Å². The highest BCUT2D eigenvalue weighted by Gasteiger charge is 2.32. The Morgan fingerprint density at radius 2 is 1.92 bits per heavy atom. The van der Waals surface area contributed by atoms with Gasteiger partial charge in [0.15, 0.2) is 0 Å². The van der Waals surface area contributed by atoms with Crippen LogP contribution < -0.4 is 5.32 Å². The van der Waals surface area contributed by atoms with Gasteiger partial charge in [0.1, 0.15) is 5.82 Å². The van der Waals surface area contributed by atoms with Crippen molar-refractivity contribution in [3.63, 3.8) is 0 Å². The van der Waals surface area contributed by atoms with Gasteiger partial charge in [-0.2, -0.15) is 0 Å². The average molecular weight is 489 g/mol. The Morgan fingerprint density at radius 1 is 1.14 bits per heavy atom. The van der Waals surface area contributed by atoms with Crippen LogP contribution in [-0.2, 0) is 16.1 Å². The first-order valence-corrected chi connectivity index (χ1v) is 13.2. The molecule has 5 rings (SSSR count). The van der Waals surface area contributed by atoms with Gasteiger partial charge < -0.3 is 19.5 Å². The number of nitrogens with zero attached hydrogens (tertiary/aromatic N) is 3. The van der Waals surface area contributed by atoms with E-state index >= 15 is 0 Å². The van der Waals surface area contributed by atoms with E-state index in [9.17, 15) is 9.59 Å². The Hall–Kier alpha value is -3.19. The quantitative estimate of drug-likeness (QED) is 0.459. The van der Waals surface area contributed by atoms with E-state index < -0.39 is 0 Å². The number of benzene rings is 2. The van der Waals surface area contributed by atoms with Crippen molar-refractivity contribution in [1.29, 1.82) is 0 Å².